The number of nitrogens with zero attached hydrogens (tertiary/aromatic N) is 1. The van der Waals surface area contributed by atoms with E-state index < -0.39 is 13.9 Å². The molecule has 0 fully saturated rings. The Morgan fingerprint density at radius 2 is 0.902 bits per heavy atom. The number of rotatable bonds is 48. The van der Waals surface area contributed by atoms with Crippen molar-refractivity contribution >= 4 is 13.8 Å². The Hall–Kier alpha value is -1.28. The molecule has 0 bridgehead atoms. The number of hydrogen-bond donors (Lipinski definition) is 1. The molecule has 9 heteroatoms. The van der Waals surface area contributed by atoms with Gasteiger partial charge >= 0.3 is 13.8 Å². The lowest BCUT2D eigenvalue weighted by Gasteiger charge is -2.24. The maximum absolute atomic E-state index is 12.8. The van der Waals surface area contributed by atoms with Crippen molar-refractivity contribution in [1.82, 2.24) is 0 Å². The number of hydrogen-bond acceptors (Lipinski definition) is 6. The Kier molecular flexibility index (Phi) is 44.3. The van der Waals surface area contributed by atoms with E-state index in [0.717, 1.165) is 44.9 Å². The van der Waals surface area contributed by atoms with Crippen LogP contribution in [0.2, 0.25) is 0 Å². The molecule has 0 heterocycles. The van der Waals surface area contributed by atoms with Crippen molar-refractivity contribution < 1.29 is 37.3 Å². The van der Waals surface area contributed by atoms with Crippen molar-refractivity contribution in [2.45, 2.75) is 238 Å². The van der Waals surface area contributed by atoms with E-state index in [2.05, 4.69) is 50.3 Å². The fourth-order valence-corrected chi connectivity index (χ4v) is 7.95. The van der Waals surface area contributed by atoms with Crippen molar-refractivity contribution in [3.63, 3.8) is 0 Å². The molecule has 0 saturated heterocycles. The smallest absolute Gasteiger partial charge is 0.457 e. The van der Waals surface area contributed by atoms with Crippen molar-refractivity contribution in [3.05, 3.63) is 36.5 Å². The molecule has 0 saturated carbocycles. The summed E-state index contributed by atoms with van der Waals surface area (Å²) in [6.45, 7) is 5.64. The van der Waals surface area contributed by atoms with Gasteiger partial charge in [-0.15, -0.1) is 0 Å². The van der Waals surface area contributed by atoms with Crippen LogP contribution in [0.25, 0.3) is 0 Å². The van der Waals surface area contributed by atoms with Crippen molar-refractivity contribution in [1.29, 1.82) is 0 Å². The summed E-state index contributed by atoms with van der Waals surface area (Å²) in [6.07, 6.45) is 54.7. The zero-order valence-electron chi connectivity index (χ0n) is 40.9. The van der Waals surface area contributed by atoms with Gasteiger partial charge in [0.2, 0.25) is 0 Å². The number of carbonyl (C=O) groups is 1. The number of carbonyl (C=O) groups excluding carboxylic acids is 1. The Morgan fingerprint density at radius 1 is 0.508 bits per heavy atom. The van der Waals surface area contributed by atoms with Gasteiger partial charge in [0.25, 0.3) is 0 Å². The number of phosphoric acid groups is 1. The average molecular weight is 883 g/mol. The maximum atomic E-state index is 12.8. The van der Waals surface area contributed by atoms with Gasteiger partial charge < -0.3 is 18.9 Å². The number of quaternary nitrogens is 1. The lowest BCUT2D eigenvalue weighted by molar-refractivity contribution is -0.870. The third-order valence-corrected chi connectivity index (χ3v) is 12.2. The second kappa shape index (κ2) is 45.3. The molecule has 2 unspecified atom stereocenters. The van der Waals surface area contributed by atoms with Crippen LogP contribution in [0.1, 0.15) is 232 Å². The Labute approximate surface area is 378 Å². The molecule has 0 aliphatic heterocycles. The zero-order valence-corrected chi connectivity index (χ0v) is 41.8. The summed E-state index contributed by atoms with van der Waals surface area (Å²) in [5, 5.41) is 0. The third kappa shape index (κ3) is 49.6. The first-order valence-corrected chi connectivity index (χ1v) is 27.2. The topological polar surface area (TPSA) is 91.3 Å². The van der Waals surface area contributed by atoms with Gasteiger partial charge in [-0.1, -0.05) is 211 Å². The number of unbranched alkanes of at least 4 members (excludes halogenated alkanes) is 28. The molecule has 0 aromatic heterocycles. The van der Waals surface area contributed by atoms with Gasteiger partial charge in [0, 0.05) is 13.0 Å². The molecule has 1 N–H and O–H groups in total. The average Bonchev–Trinajstić information content (AvgIpc) is 3.22. The highest BCUT2D eigenvalue weighted by atomic mass is 31.2. The molecule has 0 rings (SSSR count). The van der Waals surface area contributed by atoms with Gasteiger partial charge in [0.15, 0.2) is 0 Å². The van der Waals surface area contributed by atoms with Crippen LogP contribution >= 0.6 is 7.82 Å². The summed E-state index contributed by atoms with van der Waals surface area (Å²) in [5.74, 6) is -0.315. The molecule has 2 atom stereocenters. The number of ether oxygens (including phenoxy) is 2. The van der Waals surface area contributed by atoms with Gasteiger partial charge in [-0.05, 0) is 51.4 Å². The maximum Gasteiger partial charge on any atom is 0.472 e. The van der Waals surface area contributed by atoms with Gasteiger partial charge in [-0.3, -0.25) is 13.8 Å². The number of allylic oxidation sites excluding steroid dienone is 6. The van der Waals surface area contributed by atoms with E-state index in [0.29, 0.717) is 24.1 Å². The van der Waals surface area contributed by atoms with Crippen LogP contribution in [0, 0.1) is 0 Å². The predicted molar refractivity (Wildman–Crippen MR) is 261 cm³/mol. The summed E-state index contributed by atoms with van der Waals surface area (Å²) in [6, 6.07) is 0. The van der Waals surface area contributed by atoms with Crippen LogP contribution in [-0.2, 0) is 27.9 Å². The molecule has 0 spiro atoms. The van der Waals surface area contributed by atoms with E-state index in [-0.39, 0.29) is 25.8 Å². The van der Waals surface area contributed by atoms with Crippen molar-refractivity contribution in [2.24, 2.45) is 0 Å². The summed E-state index contributed by atoms with van der Waals surface area (Å²) in [7, 11) is 1.67. The second-order valence-corrected chi connectivity index (χ2v) is 20.0. The van der Waals surface area contributed by atoms with Crippen LogP contribution < -0.4 is 0 Å². The largest absolute Gasteiger partial charge is 0.472 e. The second-order valence-electron chi connectivity index (χ2n) is 18.6. The summed E-state index contributed by atoms with van der Waals surface area (Å²) >= 11 is 0. The molecule has 0 radical (unpaired) electrons. The van der Waals surface area contributed by atoms with E-state index in [1.807, 2.05) is 21.1 Å². The monoisotopic (exact) mass is 883 g/mol. The Balaban J connectivity index is 4.10. The van der Waals surface area contributed by atoms with Gasteiger partial charge in [0.05, 0.1) is 34.4 Å². The minimum atomic E-state index is -4.28. The van der Waals surface area contributed by atoms with Crippen LogP contribution in [0.3, 0.4) is 0 Å². The Bertz CT molecular complexity index is 1070. The van der Waals surface area contributed by atoms with Crippen LogP contribution in [0.4, 0.5) is 0 Å². The van der Waals surface area contributed by atoms with Crippen LogP contribution in [0.15, 0.2) is 36.5 Å². The molecule has 8 nitrogen and oxygen atoms in total. The van der Waals surface area contributed by atoms with E-state index in [4.69, 9.17) is 18.5 Å². The number of esters is 1. The molecule has 0 aliphatic carbocycles. The highest BCUT2D eigenvalue weighted by molar-refractivity contribution is 7.47. The molecule has 61 heavy (non-hydrogen) atoms. The van der Waals surface area contributed by atoms with E-state index in [9.17, 15) is 14.3 Å². The predicted octanol–water partition coefficient (Wildman–Crippen LogP) is 15.7. The van der Waals surface area contributed by atoms with Gasteiger partial charge in [-0.2, -0.15) is 0 Å². The first-order valence-electron chi connectivity index (χ1n) is 25.7. The minimum Gasteiger partial charge on any atom is -0.457 e. The van der Waals surface area contributed by atoms with Gasteiger partial charge in [0.1, 0.15) is 19.3 Å². The number of likely N-dealkylation sites (N-methyl/N-ethyl adjacent to an activating group) is 1. The third-order valence-electron chi connectivity index (χ3n) is 11.2. The van der Waals surface area contributed by atoms with Gasteiger partial charge in [-0.25, -0.2) is 4.57 Å². The normalized spacial score (nSPS) is 13.9. The SMILES string of the molecule is CCCCCCC/C=C\C/C=C\C/C=C\CCCCCCCCCCCCC(=O)OC(COCCCCCCCCCCCCCCCC)COP(=O)(O)OCC[N+](C)(C)C. The highest BCUT2D eigenvalue weighted by Crippen LogP contribution is 2.43. The first-order chi connectivity index (χ1) is 29.6. The standard InChI is InChI=1S/C52H100NO7P/c1-6-8-10-12-14-16-18-20-22-23-24-25-26-27-28-29-30-31-32-33-35-37-39-41-43-45-52(54)60-51(50-59-61(55,56)58-48-46-53(3,4)5)49-57-47-44-42-40-38-36-34-21-19-17-15-13-11-9-7-2/h18,20,23-24,26-27,51H,6-17,19,21-22,25,28-50H2,1-5H3/p+1/b20-18-,24-23-,27-26-. The molecule has 0 aromatic carbocycles. The van der Waals surface area contributed by atoms with E-state index >= 15 is 0 Å². The van der Waals surface area contributed by atoms with Crippen molar-refractivity contribution in [3.8, 4) is 0 Å². The molecule has 0 aliphatic rings. The molecule has 360 valence electrons. The Morgan fingerprint density at radius 3 is 1.34 bits per heavy atom. The lowest BCUT2D eigenvalue weighted by atomic mass is 10.0. The van der Waals surface area contributed by atoms with E-state index in [1.54, 1.807) is 0 Å². The van der Waals surface area contributed by atoms with Crippen LogP contribution in [-0.4, -0.2) is 75.6 Å². The lowest BCUT2D eigenvalue weighted by Crippen LogP contribution is -2.37. The summed E-state index contributed by atoms with van der Waals surface area (Å²) in [5.41, 5.74) is 0. The molecule has 0 aromatic rings. The van der Waals surface area contributed by atoms with Crippen molar-refractivity contribution in [2.75, 3.05) is 54.1 Å². The summed E-state index contributed by atoms with van der Waals surface area (Å²) < 4.78 is 35.1. The highest BCUT2D eigenvalue weighted by Gasteiger charge is 2.26. The van der Waals surface area contributed by atoms with Crippen LogP contribution in [0.5, 0.6) is 0 Å². The number of phosphoric ester groups is 1. The molecular weight excluding hydrogens is 782 g/mol. The summed E-state index contributed by atoms with van der Waals surface area (Å²) in [4.78, 5) is 23.0. The quantitative estimate of drug-likeness (QED) is 0.0214. The first kappa shape index (κ1) is 59.7. The molecule has 0 amide bonds. The minimum absolute atomic E-state index is 0.0890. The fraction of sp³-hybridized carbons (Fsp3) is 0.865. The van der Waals surface area contributed by atoms with E-state index in [1.165, 1.54) is 167 Å². The zero-order chi connectivity index (χ0) is 44.8. The molecular formula is C52H101NO7P+. The fourth-order valence-electron chi connectivity index (χ4n) is 7.21.